The first-order valence-corrected chi connectivity index (χ1v) is 16.9. The maximum absolute atomic E-state index is 10.0. The first kappa shape index (κ1) is 54.0. The molecular formula is C40H94O12. The summed E-state index contributed by atoms with van der Waals surface area (Å²) in [5.41, 5.74) is 0. The van der Waals surface area contributed by atoms with E-state index in [1.54, 1.807) is 62.5 Å². The highest BCUT2D eigenvalue weighted by Crippen LogP contribution is 2.09. The molecular weight excluding hydrogens is 672 g/mol. The van der Waals surface area contributed by atoms with Crippen LogP contribution in [0.2, 0.25) is 0 Å². The first-order chi connectivity index (χ1) is 24.6. The van der Waals surface area contributed by atoms with Gasteiger partial charge in [-0.25, -0.2) is 0 Å². The quantitative estimate of drug-likeness (QED) is 0.156. The fourth-order valence-corrected chi connectivity index (χ4v) is 3.08. The Morgan fingerprint density at radius 3 is 1.52 bits per heavy atom. The van der Waals surface area contributed by atoms with Gasteiger partial charge < -0.3 is 52.1 Å². The molecule has 52 heavy (non-hydrogen) atoms. The molecule has 0 bridgehead atoms. The summed E-state index contributed by atoms with van der Waals surface area (Å²) in [6.07, 6.45) is 19.3. The van der Waals surface area contributed by atoms with Crippen LogP contribution in [-0.4, -0.2) is 52.9 Å². The van der Waals surface area contributed by atoms with Gasteiger partial charge in [0.05, 0.1) is 56.1 Å². The van der Waals surface area contributed by atoms with Crippen LogP contribution in [-0.2, 0) is 20.9 Å². The summed E-state index contributed by atoms with van der Waals surface area (Å²) < 4.78 is 28.5. The second kappa shape index (κ2) is 44.3. The fourth-order valence-electron chi connectivity index (χ4n) is 3.08. The third-order valence-electron chi connectivity index (χ3n) is 5.38. The molecule has 1 aliphatic heterocycles. The van der Waals surface area contributed by atoms with Crippen LogP contribution in [0.1, 0.15) is 125 Å². The average molecular weight is 767 g/mol. The molecule has 2 atom stereocenters. The van der Waals surface area contributed by atoms with E-state index >= 15 is 0 Å². The lowest BCUT2D eigenvalue weighted by Gasteiger charge is -1.95. The van der Waals surface area contributed by atoms with Crippen molar-refractivity contribution in [2.75, 3.05) is 6.61 Å². The number of hydrogen-bond donors (Lipinski definition) is 2. The number of ketones is 1. The minimum absolute atomic E-state index is 0. The first-order valence-electron chi connectivity index (χ1n) is 16.9. The van der Waals surface area contributed by atoms with Crippen LogP contribution in [0.15, 0.2) is 127 Å². The molecule has 12 heteroatoms. The molecule has 1 fully saturated rings. The van der Waals surface area contributed by atoms with Gasteiger partial charge in [-0.15, -0.1) is 0 Å². The van der Waals surface area contributed by atoms with E-state index in [9.17, 15) is 9.59 Å². The molecule has 0 spiro atoms. The van der Waals surface area contributed by atoms with Gasteiger partial charge in [-0.1, -0.05) is 20.3 Å². The molecule has 1 saturated heterocycles. The minimum atomic E-state index is -0.102. The van der Waals surface area contributed by atoms with Gasteiger partial charge >= 0.3 is 0 Å². The fraction of sp³-hybridized carbons (Fsp3) is 0.425. The van der Waals surface area contributed by atoms with Crippen molar-refractivity contribution in [2.24, 2.45) is 0 Å². The summed E-state index contributed by atoms with van der Waals surface area (Å²) in [5, 5.41) is 16.9. The van der Waals surface area contributed by atoms with Gasteiger partial charge in [0.15, 0.2) is 12.0 Å². The van der Waals surface area contributed by atoms with Gasteiger partial charge in [-0.2, -0.15) is 0 Å². The summed E-state index contributed by atoms with van der Waals surface area (Å²) in [7, 11) is 0. The lowest BCUT2D eigenvalue weighted by molar-refractivity contribution is -0.117. The Morgan fingerprint density at radius 2 is 1.38 bits per heavy atom. The topological polar surface area (TPSA) is 198 Å². The predicted octanol–water partition coefficient (Wildman–Crippen LogP) is 13.1. The lowest BCUT2D eigenvalue weighted by Crippen LogP contribution is -1.95. The van der Waals surface area contributed by atoms with E-state index in [1.807, 2.05) is 57.2 Å². The Morgan fingerprint density at radius 1 is 0.865 bits per heavy atom. The number of ether oxygens (including phenoxy) is 1. The number of furan rings is 5. The van der Waals surface area contributed by atoms with Gasteiger partial charge in [0.2, 0.25) is 0 Å². The van der Waals surface area contributed by atoms with Gasteiger partial charge in [-0.3, -0.25) is 4.79 Å². The lowest BCUT2D eigenvalue weighted by atomic mass is 10.2. The normalized spacial score (nSPS) is 11.8. The van der Waals surface area contributed by atoms with Gasteiger partial charge in [0.25, 0.3) is 0 Å². The number of aldehydes is 2. The van der Waals surface area contributed by atoms with Crippen LogP contribution in [0.25, 0.3) is 0 Å². The van der Waals surface area contributed by atoms with Crippen LogP contribution in [0.5, 0.6) is 0 Å². The Bertz CT molecular complexity index is 1250. The van der Waals surface area contributed by atoms with E-state index in [0.717, 1.165) is 44.3 Å². The number of aliphatic hydroxyl groups is 2. The van der Waals surface area contributed by atoms with E-state index in [0.29, 0.717) is 23.9 Å². The number of hydrogen-bond acceptors (Lipinski definition) is 11. The van der Waals surface area contributed by atoms with Crippen LogP contribution in [0, 0.1) is 6.92 Å². The molecule has 0 aromatic carbocycles. The van der Waals surface area contributed by atoms with Crippen LogP contribution < -0.4 is 0 Å². The maximum atomic E-state index is 10.0. The second-order valence-corrected chi connectivity index (χ2v) is 10.3. The van der Waals surface area contributed by atoms with Crippen LogP contribution in [0.4, 0.5) is 0 Å². The monoisotopic (exact) mass is 767 g/mol. The molecule has 0 radical (unpaired) electrons. The maximum Gasteiger partial charge on any atom is 0.185 e. The molecule has 6 rings (SSSR count). The highest BCUT2D eigenvalue weighted by Gasteiger charge is 2.07. The molecule has 1 aliphatic rings. The third kappa shape index (κ3) is 47.4. The molecule has 0 amide bonds. The van der Waals surface area contributed by atoms with Crippen molar-refractivity contribution in [3.8, 4) is 0 Å². The van der Waals surface area contributed by atoms with E-state index in [-0.39, 0.29) is 46.8 Å². The van der Waals surface area contributed by atoms with Crippen molar-refractivity contribution in [1.29, 1.82) is 0 Å². The Kier molecular flexibility index (Phi) is 46.0. The predicted molar refractivity (Wildman–Crippen MR) is 236 cm³/mol. The van der Waals surface area contributed by atoms with Crippen molar-refractivity contribution in [3.63, 3.8) is 0 Å². The second-order valence-electron chi connectivity index (χ2n) is 10.3. The number of aryl methyl sites for hydroxylation is 1. The number of carbonyl (C=O) groups is 3. The summed E-state index contributed by atoms with van der Waals surface area (Å²) in [6, 6.07) is 17.9. The smallest absolute Gasteiger partial charge is 0.185 e. The van der Waals surface area contributed by atoms with Gasteiger partial charge in [0, 0.05) is 35.9 Å². The summed E-state index contributed by atoms with van der Waals surface area (Å²) in [4.78, 5) is 28.6. The largest absolute Gasteiger partial charge is 0.473 e. The van der Waals surface area contributed by atoms with Crippen molar-refractivity contribution in [2.45, 2.75) is 106 Å². The number of aliphatic hydroxyl groups excluding tert-OH is 2. The van der Waals surface area contributed by atoms with E-state index < -0.39 is 0 Å². The van der Waals surface area contributed by atoms with Crippen molar-refractivity contribution in [3.05, 3.63) is 122 Å². The number of Topliss-reactive ketones (excluding diaryl/α,β-unsaturated/α-hetero) is 1. The molecule has 12 nitrogen and oxygen atoms in total. The zero-order chi connectivity index (χ0) is 38.8. The molecule has 0 saturated carbocycles. The molecule has 326 valence electrons. The minimum Gasteiger partial charge on any atom is -0.473 e. The Hall–Kier alpha value is -4.75. The molecule has 6 heterocycles. The van der Waals surface area contributed by atoms with Gasteiger partial charge in [-0.05, 0) is 121 Å². The van der Waals surface area contributed by atoms with Crippen LogP contribution in [0.3, 0.4) is 0 Å². The van der Waals surface area contributed by atoms with E-state index in [4.69, 9.17) is 28.6 Å². The zero-order valence-electron chi connectivity index (χ0n) is 31.8. The number of rotatable bonds is 6. The summed E-state index contributed by atoms with van der Waals surface area (Å²) in [6.45, 7) is 13.9. The van der Waals surface area contributed by atoms with Crippen molar-refractivity contribution in [1.82, 2.24) is 0 Å². The standard InChI is InChI=1S/C5H6O2.C5H4O2.C5H10O.C5H6O.C5H12O.C5H10O.2C4H4O.C2H4O.H2O.16H2/c2*6-4-5-2-1-3-7-5;2*1-5-3-2-4-6-5;2*1-3-4-5(2)6;2*1-2-4-5-3-1;1-2-3;;;;;;;;;;;;;;;;;/h1-3,6H,4H2;1-4H;5H,2-4H2,1H3;2-4H,1H3;5-6H,3-4H2,1-2H3;3-4H2,1-2H3;2*1-4H;2H,1H3;1H2;16*1H. The number of carbonyl (C=O) groups excluding carboxylic acids is 3. The zero-order valence-corrected chi connectivity index (χ0v) is 31.8. The Labute approximate surface area is 332 Å². The highest BCUT2D eigenvalue weighted by molar-refractivity contribution is 5.75. The van der Waals surface area contributed by atoms with E-state index in [1.165, 1.54) is 32.3 Å². The summed E-state index contributed by atoms with van der Waals surface area (Å²) in [5.74, 6) is 2.24. The van der Waals surface area contributed by atoms with Crippen molar-refractivity contribution < 1.29 is 79.7 Å². The molecule has 2 unspecified atom stereocenters. The Balaban J connectivity index is -0.0000000206. The summed E-state index contributed by atoms with van der Waals surface area (Å²) >= 11 is 0. The third-order valence-corrected chi connectivity index (χ3v) is 5.38. The molecule has 0 aliphatic carbocycles. The van der Waals surface area contributed by atoms with Crippen molar-refractivity contribution >= 4 is 18.4 Å². The average Bonchev–Trinajstić information content (AvgIpc) is 3.95. The van der Waals surface area contributed by atoms with Gasteiger partial charge in [0.1, 0.15) is 30.2 Å². The highest BCUT2D eigenvalue weighted by atomic mass is 16.5. The van der Waals surface area contributed by atoms with E-state index in [2.05, 4.69) is 27.1 Å². The molecule has 4 N–H and O–H groups in total. The SMILES string of the molecule is CC1CCCO1.CC=O.CCCC(C)=O.CCCC(C)O.Cc1ccco1.O.O=Cc1ccco1.OCc1ccco1.[HH].[HH].[HH].[HH].[HH].[HH].[HH].[HH].[HH].[HH].[HH].[HH].[HH].[HH].[HH].[HH].c1ccoc1.c1ccoc1. The molecule has 5 aromatic heterocycles. The van der Waals surface area contributed by atoms with Crippen LogP contribution >= 0.6 is 0 Å². The molecule has 5 aromatic rings.